The second-order valence-corrected chi connectivity index (χ2v) is 5.40. The van der Waals surface area contributed by atoms with Crippen LogP contribution in [-0.4, -0.2) is 54.4 Å². The van der Waals surface area contributed by atoms with Crippen molar-refractivity contribution in [2.24, 2.45) is 0 Å². The van der Waals surface area contributed by atoms with E-state index in [-0.39, 0.29) is 0 Å². The van der Waals surface area contributed by atoms with Gasteiger partial charge >= 0.3 is 0 Å². The fraction of sp³-hybridized carbons (Fsp3) is 0.667. The minimum Gasteiger partial charge on any atom is -0.315 e. The molecule has 0 fully saturated rings. The van der Waals surface area contributed by atoms with E-state index in [9.17, 15) is 0 Å². The Kier molecular flexibility index (Phi) is 6.47. The van der Waals surface area contributed by atoms with E-state index in [0.717, 1.165) is 41.9 Å². The van der Waals surface area contributed by atoms with Gasteiger partial charge in [-0.25, -0.2) is 9.97 Å². The molecule has 1 heterocycles. The molecule has 0 spiro atoms. The number of thioether (sulfide) groups is 1. The standard InChI is InChI=1S/C12H22N4S/c1-10-9-11(2)15-12(14-10)17-8-6-13-5-7-16(3)4/h9,13H,5-8H2,1-4H3. The first-order valence-corrected chi connectivity index (χ1v) is 6.87. The van der Waals surface area contributed by atoms with Gasteiger partial charge in [-0.1, -0.05) is 11.8 Å². The lowest BCUT2D eigenvalue weighted by Crippen LogP contribution is -2.28. The zero-order chi connectivity index (χ0) is 12.7. The van der Waals surface area contributed by atoms with E-state index < -0.39 is 0 Å². The monoisotopic (exact) mass is 254 g/mol. The average Bonchev–Trinajstić information content (AvgIpc) is 2.21. The normalized spacial score (nSPS) is 11.1. The van der Waals surface area contributed by atoms with Crippen LogP contribution >= 0.6 is 11.8 Å². The Balaban J connectivity index is 2.18. The van der Waals surface area contributed by atoms with Crippen molar-refractivity contribution in [2.45, 2.75) is 19.0 Å². The largest absolute Gasteiger partial charge is 0.315 e. The Morgan fingerprint density at radius 2 is 1.82 bits per heavy atom. The summed E-state index contributed by atoms with van der Waals surface area (Å²) in [6.45, 7) is 7.11. The van der Waals surface area contributed by atoms with Crippen molar-refractivity contribution in [3.05, 3.63) is 17.5 Å². The van der Waals surface area contributed by atoms with Gasteiger partial charge < -0.3 is 10.2 Å². The molecule has 1 aromatic heterocycles. The Bertz CT molecular complexity index is 321. The van der Waals surface area contributed by atoms with Gasteiger partial charge in [0.1, 0.15) is 0 Å². The number of hydrogen-bond donors (Lipinski definition) is 1. The molecule has 1 rings (SSSR count). The van der Waals surface area contributed by atoms with Gasteiger partial charge in [-0.3, -0.25) is 0 Å². The Labute approximate surface area is 108 Å². The third-order valence-electron chi connectivity index (χ3n) is 2.21. The average molecular weight is 254 g/mol. The van der Waals surface area contributed by atoms with Gasteiger partial charge in [-0.15, -0.1) is 0 Å². The Morgan fingerprint density at radius 3 is 2.41 bits per heavy atom. The highest BCUT2D eigenvalue weighted by Gasteiger charge is 2.00. The summed E-state index contributed by atoms with van der Waals surface area (Å²) in [5.74, 6) is 1.01. The first kappa shape index (κ1) is 14.4. The van der Waals surface area contributed by atoms with Crippen molar-refractivity contribution in [1.82, 2.24) is 20.2 Å². The predicted octanol–water partition coefficient (Wildman–Crippen LogP) is 1.34. The molecule has 96 valence electrons. The first-order valence-electron chi connectivity index (χ1n) is 5.88. The molecule has 0 unspecified atom stereocenters. The molecule has 1 N–H and O–H groups in total. The third kappa shape index (κ3) is 6.61. The van der Waals surface area contributed by atoms with Crippen molar-refractivity contribution in [3.63, 3.8) is 0 Å². The number of likely N-dealkylation sites (N-methyl/N-ethyl adjacent to an activating group) is 1. The van der Waals surface area contributed by atoms with Gasteiger partial charge in [0.05, 0.1) is 0 Å². The van der Waals surface area contributed by atoms with Crippen LogP contribution in [0.1, 0.15) is 11.4 Å². The maximum absolute atomic E-state index is 4.40. The smallest absolute Gasteiger partial charge is 0.188 e. The lowest BCUT2D eigenvalue weighted by atomic mass is 10.4. The molecule has 1 aromatic rings. The molecule has 0 radical (unpaired) electrons. The lowest BCUT2D eigenvalue weighted by molar-refractivity contribution is 0.403. The summed E-state index contributed by atoms with van der Waals surface area (Å²) >= 11 is 1.71. The Hall–Kier alpha value is -0.650. The molecular weight excluding hydrogens is 232 g/mol. The molecule has 0 saturated heterocycles. The van der Waals surface area contributed by atoms with Crippen LogP contribution in [0.25, 0.3) is 0 Å². The fourth-order valence-electron chi connectivity index (χ4n) is 1.40. The molecule has 0 aliphatic carbocycles. The molecular formula is C12H22N4S. The summed E-state index contributed by atoms with van der Waals surface area (Å²) in [6.07, 6.45) is 0. The zero-order valence-corrected chi connectivity index (χ0v) is 12.0. The van der Waals surface area contributed by atoms with E-state index in [0.29, 0.717) is 0 Å². The molecule has 0 amide bonds. The van der Waals surface area contributed by atoms with Gasteiger partial charge in [-0.2, -0.15) is 0 Å². The highest BCUT2D eigenvalue weighted by Crippen LogP contribution is 2.12. The summed E-state index contributed by atoms with van der Waals surface area (Å²) in [5.41, 5.74) is 2.08. The number of nitrogens with one attached hydrogen (secondary N) is 1. The van der Waals surface area contributed by atoms with Crippen LogP contribution in [0.5, 0.6) is 0 Å². The first-order chi connectivity index (χ1) is 8.08. The molecule has 0 atom stereocenters. The molecule has 0 saturated carbocycles. The van der Waals surface area contributed by atoms with Crippen LogP contribution in [0, 0.1) is 13.8 Å². The van der Waals surface area contributed by atoms with E-state index in [1.54, 1.807) is 11.8 Å². The number of rotatable bonds is 7. The summed E-state index contributed by atoms with van der Waals surface area (Å²) in [5, 5.41) is 4.28. The summed E-state index contributed by atoms with van der Waals surface area (Å²) in [6, 6.07) is 2.00. The van der Waals surface area contributed by atoms with Crippen molar-refractivity contribution >= 4 is 11.8 Å². The Morgan fingerprint density at radius 1 is 1.18 bits per heavy atom. The van der Waals surface area contributed by atoms with Crippen molar-refractivity contribution in [3.8, 4) is 0 Å². The van der Waals surface area contributed by atoms with Crippen LogP contribution in [0.3, 0.4) is 0 Å². The second-order valence-electron chi connectivity index (χ2n) is 4.34. The second kappa shape index (κ2) is 7.63. The number of aryl methyl sites for hydroxylation is 2. The minimum atomic E-state index is 0.886. The van der Waals surface area contributed by atoms with Crippen molar-refractivity contribution in [1.29, 1.82) is 0 Å². The molecule has 5 heteroatoms. The third-order valence-corrected chi connectivity index (χ3v) is 3.06. The van der Waals surface area contributed by atoms with Crippen LogP contribution in [0.15, 0.2) is 11.2 Å². The summed E-state index contributed by atoms with van der Waals surface area (Å²) in [7, 11) is 4.17. The van der Waals surface area contributed by atoms with E-state index >= 15 is 0 Å². The zero-order valence-electron chi connectivity index (χ0n) is 11.2. The summed E-state index contributed by atoms with van der Waals surface area (Å²) in [4.78, 5) is 11.0. The highest BCUT2D eigenvalue weighted by molar-refractivity contribution is 7.99. The van der Waals surface area contributed by atoms with E-state index in [1.165, 1.54) is 0 Å². The SMILES string of the molecule is Cc1cc(C)nc(SCCNCCN(C)C)n1. The number of hydrogen-bond acceptors (Lipinski definition) is 5. The molecule has 0 aromatic carbocycles. The van der Waals surface area contributed by atoms with Crippen LogP contribution in [0.2, 0.25) is 0 Å². The van der Waals surface area contributed by atoms with E-state index in [1.807, 2.05) is 19.9 Å². The van der Waals surface area contributed by atoms with Crippen LogP contribution in [0.4, 0.5) is 0 Å². The predicted molar refractivity (Wildman–Crippen MR) is 73.7 cm³/mol. The quantitative estimate of drug-likeness (QED) is 0.452. The molecule has 4 nitrogen and oxygen atoms in total. The molecule has 0 aliphatic heterocycles. The fourth-order valence-corrected chi connectivity index (χ4v) is 2.25. The number of aromatic nitrogens is 2. The van der Waals surface area contributed by atoms with Gasteiger partial charge in [0.25, 0.3) is 0 Å². The number of nitrogens with zero attached hydrogens (tertiary/aromatic N) is 3. The van der Waals surface area contributed by atoms with Crippen LogP contribution in [-0.2, 0) is 0 Å². The van der Waals surface area contributed by atoms with Crippen molar-refractivity contribution in [2.75, 3.05) is 39.5 Å². The summed E-state index contributed by atoms with van der Waals surface area (Å²) < 4.78 is 0. The van der Waals surface area contributed by atoms with Crippen LogP contribution < -0.4 is 5.32 Å². The highest BCUT2D eigenvalue weighted by atomic mass is 32.2. The molecule has 0 bridgehead atoms. The van der Waals surface area contributed by atoms with Crippen molar-refractivity contribution < 1.29 is 0 Å². The topological polar surface area (TPSA) is 41.1 Å². The van der Waals surface area contributed by atoms with Gasteiger partial charge in [0, 0.05) is 36.8 Å². The van der Waals surface area contributed by atoms with E-state index in [4.69, 9.17) is 0 Å². The maximum Gasteiger partial charge on any atom is 0.188 e. The van der Waals surface area contributed by atoms with Gasteiger partial charge in [0.2, 0.25) is 0 Å². The lowest BCUT2D eigenvalue weighted by Gasteiger charge is -2.09. The van der Waals surface area contributed by atoms with Gasteiger partial charge in [-0.05, 0) is 34.0 Å². The van der Waals surface area contributed by atoms with E-state index in [2.05, 4.69) is 34.3 Å². The molecule has 0 aliphatic rings. The van der Waals surface area contributed by atoms with Gasteiger partial charge in [0.15, 0.2) is 5.16 Å². The maximum atomic E-state index is 4.40. The minimum absolute atomic E-state index is 0.886. The molecule has 17 heavy (non-hydrogen) atoms.